The number of guanidine groups is 1. The molecule has 2 aliphatic heterocycles. The number of rotatable bonds is 4. The summed E-state index contributed by atoms with van der Waals surface area (Å²) in [7, 11) is 1.68. The Morgan fingerprint density at radius 2 is 2.19 bits per heavy atom. The average Bonchev–Trinajstić information content (AvgIpc) is 3.12. The Hall–Kier alpha value is -1.75. The molecule has 2 unspecified atom stereocenters. The second kappa shape index (κ2) is 5.56. The SMILES string of the molecule is COc1ccc(C2(C)CN=C(N)N2CC2CCCO2)cc1. The second-order valence-corrected chi connectivity index (χ2v) is 5.92. The lowest BCUT2D eigenvalue weighted by molar-refractivity contribution is 0.0690. The third kappa shape index (κ3) is 2.58. The molecule has 0 amide bonds. The van der Waals surface area contributed by atoms with Crippen molar-refractivity contribution in [2.45, 2.75) is 31.4 Å². The minimum atomic E-state index is -0.206. The lowest BCUT2D eigenvalue weighted by Crippen LogP contribution is -2.50. The van der Waals surface area contributed by atoms with E-state index < -0.39 is 0 Å². The lowest BCUT2D eigenvalue weighted by atomic mass is 9.90. The quantitative estimate of drug-likeness (QED) is 0.917. The van der Waals surface area contributed by atoms with Gasteiger partial charge in [-0.2, -0.15) is 0 Å². The molecule has 5 heteroatoms. The standard InChI is InChI=1S/C16H23N3O2/c1-16(12-5-7-13(20-2)8-6-12)11-18-15(17)19(16)10-14-4-3-9-21-14/h5-8,14H,3-4,9-11H2,1-2H3,(H2,17,18). The Bertz CT molecular complexity index is 523. The Morgan fingerprint density at radius 3 is 2.81 bits per heavy atom. The molecule has 2 atom stereocenters. The van der Waals surface area contributed by atoms with Gasteiger partial charge >= 0.3 is 0 Å². The van der Waals surface area contributed by atoms with E-state index in [0.717, 1.165) is 31.7 Å². The van der Waals surface area contributed by atoms with Gasteiger partial charge in [-0.1, -0.05) is 12.1 Å². The van der Waals surface area contributed by atoms with Crippen LogP contribution in [0.5, 0.6) is 5.75 Å². The predicted molar refractivity (Wildman–Crippen MR) is 82.5 cm³/mol. The van der Waals surface area contributed by atoms with E-state index >= 15 is 0 Å². The number of hydrogen-bond acceptors (Lipinski definition) is 5. The molecule has 0 aliphatic carbocycles. The van der Waals surface area contributed by atoms with E-state index in [0.29, 0.717) is 12.5 Å². The van der Waals surface area contributed by atoms with Crippen molar-refractivity contribution >= 4 is 5.96 Å². The van der Waals surface area contributed by atoms with Gasteiger partial charge in [-0.3, -0.25) is 4.99 Å². The van der Waals surface area contributed by atoms with E-state index in [1.807, 2.05) is 12.1 Å². The van der Waals surface area contributed by atoms with Crippen LogP contribution < -0.4 is 10.5 Å². The van der Waals surface area contributed by atoms with Crippen LogP contribution in [0.15, 0.2) is 29.3 Å². The minimum absolute atomic E-state index is 0.206. The average molecular weight is 289 g/mol. The molecule has 0 spiro atoms. The van der Waals surface area contributed by atoms with Gasteiger partial charge < -0.3 is 20.1 Å². The third-order valence-electron chi connectivity index (χ3n) is 4.54. The molecule has 0 radical (unpaired) electrons. The van der Waals surface area contributed by atoms with Crippen LogP contribution in [0.3, 0.4) is 0 Å². The highest BCUT2D eigenvalue weighted by atomic mass is 16.5. The van der Waals surface area contributed by atoms with Gasteiger partial charge in [-0.25, -0.2) is 0 Å². The first-order valence-electron chi connectivity index (χ1n) is 7.47. The van der Waals surface area contributed by atoms with E-state index in [-0.39, 0.29) is 11.6 Å². The molecule has 1 aromatic carbocycles. The summed E-state index contributed by atoms with van der Waals surface area (Å²) in [6.45, 7) is 4.53. The van der Waals surface area contributed by atoms with E-state index in [1.165, 1.54) is 5.56 Å². The van der Waals surface area contributed by atoms with Crippen molar-refractivity contribution in [3.05, 3.63) is 29.8 Å². The largest absolute Gasteiger partial charge is 0.497 e. The Labute approximate surface area is 125 Å². The molecule has 0 bridgehead atoms. The predicted octanol–water partition coefficient (Wildman–Crippen LogP) is 1.72. The van der Waals surface area contributed by atoms with Crippen molar-refractivity contribution in [3.63, 3.8) is 0 Å². The summed E-state index contributed by atoms with van der Waals surface area (Å²) in [6, 6.07) is 8.16. The number of methoxy groups -OCH3 is 1. The van der Waals surface area contributed by atoms with Crippen LogP contribution >= 0.6 is 0 Å². The molecule has 21 heavy (non-hydrogen) atoms. The van der Waals surface area contributed by atoms with Gasteiger partial charge in [0.05, 0.1) is 25.3 Å². The maximum Gasteiger partial charge on any atom is 0.192 e. The number of hydrogen-bond donors (Lipinski definition) is 1. The zero-order chi connectivity index (χ0) is 14.9. The third-order valence-corrected chi connectivity index (χ3v) is 4.54. The molecule has 0 aromatic heterocycles. The fourth-order valence-electron chi connectivity index (χ4n) is 3.14. The summed E-state index contributed by atoms with van der Waals surface area (Å²) >= 11 is 0. The van der Waals surface area contributed by atoms with E-state index in [2.05, 4.69) is 28.9 Å². The van der Waals surface area contributed by atoms with Crippen LogP contribution in [0.2, 0.25) is 0 Å². The van der Waals surface area contributed by atoms with E-state index in [1.54, 1.807) is 7.11 Å². The van der Waals surface area contributed by atoms with Crippen molar-refractivity contribution in [1.29, 1.82) is 0 Å². The van der Waals surface area contributed by atoms with Crippen molar-refractivity contribution in [1.82, 2.24) is 4.90 Å². The van der Waals surface area contributed by atoms with Gasteiger partial charge in [0.15, 0.2) is 5.96 Å². The monoisotopic (exact) mass is 289 g/mol. The number of aliphatic imine (C=N–C) groups is 1. The number of nitrogens with zero attached hydrogens (tertiary/aromatic N) is 2. The Balaban J connectivity index is 1.83. The van der Waals surface area contributed by atoms with Crippen molar-refractivity contribution in [2.24, 2.45) is 10.7 Å². The van der Waals surface area contributed by atoms with Gasteiger partial charge in [0, 0.05) is 13.2 Å². The van der Waals surface area contributed by atoms with Gasteiger partial charge in [-0.15, -0.1) is 0 Å². The topological polar surface area (TPSA) is 60.1 Å². The number of benzene rings is 1. The van der Waals surface area contributed by atoms with E-state index in [9.17, 15) is 0 Å². The van der Waals surface area contributed by atoms with Crippen LogP contribution in [-0.2, 0) is 10.3 Å². The Kier molecular flexibility index (Phi) is 3.76. The fourth-order valence-corrected chi connectivity index (χ4v) is 3.14. The maximum absolute atomic E-state index is 6.12. The molecular weight excluding hydrogens is 266 g/mol. The Morgan fingerprint density at radius 1 is 1.43 bits per heavy atom. The van der Waals surface area contributed by atoms with Crippen LogP contribution in [0, 0.1) is 0 Å². The van der Waals surface area contributed by atoms with Crippen molar-refractivity contribution in [2.75, 3.05) is 26.8 Å². The summed E-state index contributed by atoms with van der Waals surface area (Å²) in [6.07, 6.45) is 2.49. The summed E-state index contributed by atoms with van der Waals surface area (Å²) in [4.78, 5) is 6.65. The molecule has 1 saturated heterocycles. The van der Waals surface area contributed by atoms with Crippen molar-refractivity contribution < 1.29 is 9.47 Å². The van der Waals surface area contributed by atoms with Crippen LogP contribution in [-0.4, -0.2) is 43.8 Å². The highest BCUT2D eigenvalue weighted by molar-refractivity contribution is 5.81. The molecule has 2 aliphatic rings. The van der Waals surface area contributed by atoms with Gasteiger partial charge in [0.1, 0.15) is 5.75 Å². The molecule has 5 nitrogen and oxygen atoms in total. The molecule has 114 valence electrons. The number of ether oxygens (including phenoxy) is 2. The van der Waals surface area contributed by atoms with Gasteiger partial charge in [0.25, 0.3) is 0 Å². The lowest BCUT2D eigenvalue weighted by Gasteiger charge is -2.38. The summed E-state index contributed by atoms with van der Waals surface area (Å²) in [5, 5.41) is 0. The summed E-state index contributed by atoms with van der Waals surface area (Å²) in [5.41, 5.74) is 7.12. The summed E-state index contributed by atoms with van der Waals surface area (Å²) in [5.74, 6) is 1.48. The molecule has 1 aromatic rings. The molecule has 3 rings (SSSR count). The first-order valence-corrected chi connectivity index (χ1v) is 7.47. The molecule has 1 fully saturated rings. The second-order valence-electron chi connectivity index (χ2n) is 5.92. The smallest absolute Gasteiger partial charge is 0.192 e. The van der Waals surface area contributed by atoms with Crippen LogP contribution in [0.25, 0.3) is 0 Å². The molecular formula is C16H23N3O2. The zero-order valence-electron chi connectivity index (χ0n) is 12.7. The first-order chi connectivity index (χ1) is 10.1. The number of nitrogens with two attached hydrogens (primary N) is 1. The highest BCUT2D eigenvalue weighted by Crippen LogP contribution is 2.34. The fraction of sp³-hybridized carbons (Fsp3) is 0.562. The molecule has 2 heterocycles. The van der Waals surface area contributed by atoms with Gasteiger partial charge in [0.2, 0.25) is 0 Å². The minimum Gasteiger partial charge on any atom is -0.497 e. The van der Waals surface area contributed by atoms with Crippen LogP contribution in [0.4, 0.5) is 0 Å². The molecule has 2 N–H and O–H groups in total. The maximum atomic E-state index is 6.12. The molecule has 0 saturated carbocycles. The first kappa shape index (κ1) is 14.2. The van der Waals surface area contributed by atoms with E-state index in [4.69, 9.17) is 15.2 Å². The summed E-state index contributed by atoms with van der Waals surface area (Å²) < 4.78 is 11.0. The van der Waals surface area contributed by atoms with Gasteiger partial charge in [-0.05, 0) is 37.5 Å². The normalized spacial score (nSPS) is 28.8. The van der Waals surface area contributed by atoms with Crippen LogP contribution in [0.1, 0.15) is 25.3 Å². The highest BCUT2D eigenvalue weighted by Gasteiger charge is 2.41. The van der Waals surface area contributed by atoms with Crippen molar-refractivity contribution in [3.8, 4) is 5.75 Å². The zero-order valence-corrected chi connectivity index (χ0v) is 12.7.